The number of nitrogens with one attached hydrogen (secondary N) is 1. The number of rotatable bonds is 2. The monoisotopic (exact) mass is 116 g/mol. The van der Waals surface area contributed by atoms with E-state index in [0.717, 1.165) is 0 Å². The lowest BCUT2D eigenvalue weighted by Crippen LogP contribution is -2.28. The van der Waals surface area contributed by atoms with Crippen LogP contribution in [0.5, 0.6) is 0 Å². The van der Waals surface area contributed by atoms with Crippen molar-refractivity contribution >= 4 is 0 Å². The van der Waals surface area contributed by atoms with Gasteiger partial charge in [0.25, 0.3) is 0 Å². The molecule has 3 heteroatoms. The molecule has 0 aromatic heterocycles. The summed E-state index contributed by atoms with van der Waals surface area (Å²) in [4.78, 5) is 0. The molecule has 0 saturated carbocycles. The van der Waals surface area contributed by atoms with E-state index in [9.17, 15) is 0 Å². The zero-order chi connectivity index (χ0) is 6.15. The SMILES string of the molecule is CC(C)C1OC1NN. The van der Waals surface area contributed by atoms with Gasteiger partial charge in [0.2, 0.25) is 0 Å². The predicted molar refractivity (Wildman–Crippen MR) is 30.8 cm³/mol. The van der Waals surface area contributed by atoms with Crippen LogP contribution in [0.25, 0.3) is 0 Å². The minimum absolute atomic E-state index is 0.120. The first-order chi connectivity index (χ1) is 3.75. The van der Waals surface area contributed by atoms with Gasteiger partial charge in [0, 0.05) is 0 Å². The Hall–Kier alpha value is -0.120. The van der Waals surface area contributed by atoms with E-state index < -0.39 is 0 Å². The molecule has 1 aliphatic heterocycles. The molecule has 0 radical (unpaired) electrons. The summed E-state index contributed by atoms with van der Waals surface area (Å²) < 4.78 is 5.09. The van der Waals surface area contributed by atoms with Gasteiger partial charge in [-0.1, -0.05) is 13.8 Å². The van der Waals surface area contributed by atoms with E-state index in [1.165, 1.54) is 0 Å². The molecule has 2 atom stereocenters. The summed E-state index contributed by atoms with van der Waals surface area (Å²) in [6, 6.07) is 0. The number of hydrogen-bond acceptors (Lipinski definition) is 3. The van der Waals surface area contributed by atoms with E-state index in [2.05, 4.69) is 19.3 Å². The number of hydrazine groups is 1. The molecule has 1 aliphatic rings. The molecule has 1 rings (SSSR count). The van der Waals surface area contributed by atoms with Gasteiger partial charge in [0.15, 0.2) is 0 Å². The molecule has 0 aliphatic carbocycles. The summed E-state index contributed by atoms with van der Waals surface area (Å²) in [5, 5.41) is 0. The first-order valence-electron chi connectivity index (χ1n) is 2.87. The van der Waals surface area contributed by atoms with E-state index in [-0.39, 0.29) is 6.23 Å². The normalized spacial score (nSPS) is 36.0. The quantitative estimate of drug-likeness (QED) is 0.299. The lowest BCUT2D eigenvalue weighted by atomic mass is 10.1. The van der Waals surface area contributed by atoms with Crippen LogP contribution in [0.3, 0.4) is 0 Å². The molecule has 8 heavy (non-hydrogen) atoms. The zero-order valence-electron chi connectivity index (χ0n) is 5.22. The van der Waals surface area contributed by atoms with E-state index in [0.29, 0.717) is 12.0 Å². The molecule has 2 unspecified atom stereocenters. The standard InChI is InChI=1S/C5H12N2O/c1-3(2)4-5(7-6)8-4/h3-5,7H,6H2,1-2H3. The lowest BCUT2D eigenvalue weighted by Gasteiger charge is -1.94. The lowest BCUT2D eigenvalue weighted by molar-refractivity contribution is 0.321. The van der Waals surface area contributed by atoms with Crippen LogP contribution in [-0.2, 0) is 4.74 Å². The minimum atomic E-state index is 0.120. The second-order valence-corrected chi connectivity index (χ2v) is 2.43. The minimum Gasteiger partial charge on any atom is -0.352 e. The summed E-state index contributed by atoms with van der Waals surface area (Å²) >= 11 is 0. The van der Waals surface area contributed by atoms with Crippen LogP contribution in [0.1, 0.15) is 13.8 Å². The van der Waals surface area contributed by atoms with Gasteiger partial charge >= 0.3 is 0 Å². The summed E-state index contributed by atoms with van der Waals surface area (Å²) in [7, 11) is 0. The Bertz CT molecular complexity index is 84.5. The van der Waals surface area contributed by atoms with Crippen molar-refractivity contribution in [2.75, 3.05) is 0 Å². The highest BCUT2D eigenvalue weighted by Crippen LogP contribution is 2.25. The Kier molecular flexibility index (Phi) is 1.51. The average molecular weight is 116 g/mol. The maximum Gasteiger partial charge on any atom is 0.147 e. The van der Waals surface area contributed by atoms with Gasteiger partial charge < -0.3 is 4.74 Å². The highest BCUT2D eigenvalue weighted by molar-refractivity contribution is 4.82. The van der Waals surface area contributed by atoms with Crippen molar-refractivity contribution in [3.8, 4) is 0 Å². The fourth-order valence-corrected chi connectivity index (χ4v) is 0.765. The molecule has 1 heterocycles. The topological polar surface area (TPSA) is 50.6 Å². The van der Waals surface area contributed by atoms with Crippen LogP contribution >= 0.6 is 0 Å². The summed E-state index contributed by atoms with van der Waals surface area (Å²) in [6.45, 7) is 4.23. The van der Waals surface area contributed by atoms with Crippen LogP contribution in [0.4, 0.5) is 0 Å². The summed E-state index contributed by atoms with van der Waals surface area (Å²) in [5.41, 5.74) is 2.55. The van der Waals surface area contributed by atoms with E-state index in [1.807, 2.05) is 0 Å². The Labute approximate surface area is 49.2 Å². The van der Waals surface area contributed by atoms with Gasteiger partial charge in [-0.2, -0.15) is 0 Å². The van der Waals surface area contributed by atoms with Crippen LogP contribution in [0, 0.1) is 5.92 Å². The summed E-state index contributed by atoms with van der Waals surface area (Å²) in [5.74, 6) is 5.67. The summed E-state index contributed by atoms with van der Waals surface area (Å²) in [6.07, 6.45) is 0.468. The smallest absolute Gasteiger partial charge is 0.147 e. The van der Waals surface area contributed by atoms with Crippen molar-refractivity contribution in [3.63, 3.8) is 0 Å². The van der Waals surface area contributed by atoms with Crippen molar-refractivity contribution in [3.05, 3.63) is 0 Å². The van der Waals surface area contributed by atoms with Gasteiger partial charge in [-0.3, -0.25) is 5.84 Å². The van der Waals surface area contributed by atoms with Crippen molar-refractivity contribution in [2.45, 2.75) is 26.2 Å². The van der Waals surface area contributed by atoms with Crippen molar-refractivity contribution < 1.29 is 4.74 Å². The van der Waals surface area contributed by atoms with Gasteiger partial charge in [-0.05, 0) is 5.92 Å². The molecule has 1 fully saturated rings. The molecule has 0 bridgehead atoms. The van der Waals surface area contributed by atoms with Crippen molar-refractivity contribution in [1.29, 1.82) is 0 Å². The largest absolute Gasteiger partial charge is 0.352 e. The first kappa shape index (κ1) is 6.01. The molecular weight excluding hydrogens is 104 g/mol. The molecule has 3 nitrogen and oxygen atoms in total. The Balaban J connectivity index is 2.16. The third-order valence-corrected chi connectivity index (χ3v) is 1.35. The Morgan fingerprint density at radius 2 is 2.25 bits per heavy atom. The molecule has 0 spiro atoms. The third-order valence-electron chi connectivity index (χ3n) is 1.35. The molecule has 3 N–H and O–H groups in total. The molecule has 0 amide bonds. The van der Waals surface area contributed by atoms with Gasteiger partial charge in [0.05, 0.1) is 0 Å². The zero-order valence-corrected chi connectivity index (χ0v) is 5.22. The highest BCUT2D eigenvalue weighted by atomic mass is 16.6. The van der Waals surface area contributed by atoms with E-state index in [1.54, 1.807) is 0 Å². The molecule has 48 valence electrons. The second kappa shape index (κ2) is 2.01. The highest BCUT2D eigenvalue weighted by Gasteiger charge is 2.39. The molecule has 0 aromatic rings. The number of epoxide rings is 1. The maximum atomic E-state index is 5.09. The number of ether oxygens (including phenoxy) is 1. The van der Waals surface area contributed by atoms with Crippen LogP contribution in [-0.4, -0.2) is 12.3 Å². The van der Waals surface area contributed by atoms with Crippen LogP contribution < -0.4 is 11.3 Å². The van der Waals surface area contributed by atoms with E-state index >= 15 is 0 Å². The van der Waals surface area contributed by atoms with Gasteiger partial charge in [0.1, 0.15) is 12.3 Å². The van der Waals surface area contributed by atoms with Crippen molar-refractivity contribution in [1.82, 2.24) is 5.43 Å². The third kappa shape index (κ3) is 0.992. The average Bonchev–Trinajstić information content (AvgIpc) is 2.42. The van der Waals surface area contributed by atoms with Gasteiger partial charge in [-0.15, -0.1) is 0 Å². The Morgan fingerprint density at radius 3 is 2.38 bits per heavy atom. The second-order valence-electron chi connectivity index (χ2n) is 2.43. The maximum absolute atomic E-state index is 5.09. The number of hydrogen-bond donors (Lipinski definition) is 2. The number of nitrogens with two attached hydrogens (primary N) is 1. The molecular formula is C5H12N2O. The first-order valence-corrected chi connectivity index (χ1v) is 2.87. The van der Waals surface area contributed by atoms with E-state index in [4.69, 9.17) is 10.6 Å². The fraction of sp³-hybridized carbons (Fsp3) is 1.00. The predicted octanol–water partition coefficient (Wildman–Crippen LogP) is -0.169. The van der Waals surface area contributed by atoms with Crippen molar-refractivity contribution in [2.24, 2.45) is 11.8 Å². The van der Waals surface area contributed by atoms with Crippen LogP contribution in [0.15, 0.2) is 0 Å². The fourth-order valence-electron chi connectivity index (χ4n) is 0.765. The molecule has 0 aromatic carbocycles. The van der Waals surface area contributed by atoms with Crippen LogP contribution in [0.2, 0.25) is 0 Å². The van der Waals surface area contributed by atoms with Gasteiger partial charge in [-0.25, -0.2) is 5.43 Å². The Morgan fingerprint density at radius 1 is 1.62 bits per heavy atom. The molecule has 1 saturated heterocycles.